The number of hydrogen-bond donors (Lipinski definition) is 0. The quantitative estimate of drug-likeness (QED) is 0.672. The van der Waals surface area contributed by atoms with Gasteiger partial charge in [-0.1, -0.05) is 11.6 Å². The molecule has 1 aromatic rings. The average molecular weight is 196 g/mol. The van der Waals surface area contributed by atoms with E-state index in [1.165, 1.54) is 18.3 Å². The first-order valence-corrected chi connectivity index (χ1v) is 3.52. The normalized spacial score (nSPS) is 11.7. The van der Waals surface area contributed by atoms with Gasteiger partial charge in [-0.25, -0.2) is 0 Å². The Hall–Kier alpha value is -0.770. The van der Waals surface area contributed by atoms with Crippen LogP contribution in [-0.4, -0.2) is 11.2 Å². The van der Waals surface area contributed by atoms with Gasteiger partial charge in [0.2, 0.25) is 0 Å². The minimum absolute atomic E-state index is 0.0602. The van der Waals surface area contributed by atoms with Crippen molar-refractivity contribution in [3.8, 4) is 0 Å². The summed E-state index contributed by atoms with van der Waals surface area (Å²) in [4.78, 5) is 3.52. The molecular formula is C7H5ClF3N. The minimum atomic E-state index is -4.22. The fourth-order valence-corrected chi connectivity index (χ4v) is 0.933. The highest BCUT2D eigenvalue weighted by Crippen LogP contribution is 2.21. The molecule has 1 heterocycles. The fourth-order valence-electron chi connectivity index (χ4n) is 0.751. The monoisotopic (exact) mass is 195 g/mol. The molecule has 66 valence electrons. The summed E-state index contributed by atoms with van der Waals surface area (Å²) in [5, 5.41) is 0.268. The van der Waals surface area contributed by atoms with Gasteiger partial charge in [-0.3, -0.25) is 4.98 Å². The lowest BCUT2D eigenvalue weighted by Gasteiger charge is -2.04. The SMILES string of the molecule is FC(F)(F)Cc1cc(Cl)ccn1. The Kier molecular flexibility index (Phi) is 2.57. The minimum Gasteiger partial charge on any atom is -0.261 e. The van der Waals surface area contributed by atoms with Crippen molar-refractivity contribution in [3.05, 3.63) is 29.0 Å². The second kappa shape index (κ2) is 3.31. The van der Waals surface area contributed by atoms with Gasteiger partial charge in [-0.2, -0.15) is 13.2 Å². The molecular weight excluding hydrogens is 191 g/mol. The Labute approximate surface area is 72.2 Å². The van der Waals surface area contributed by atoms with E-state index in [1.807, 2.05) is 0 Å². The molecule has 0 N–H and O–H groups in total. The predicted octanol–water partition coefficient (Wildman–Crippen LogP) is 2.84. The van der Waals surface area contributed by atoms with Gasteiger partial charge in [0.25, 0.3) is 0 Å². The molecule has 0 bridgehead atoms. The van der Waals surface area contributed by atoms with Gasteiger partial charge in [0.15, 0.2) is 0 Å². The molecule has 5 heteroatoms. The number of pyridine rings is 1. The van der Waals surface area contributed by atoms with Crippen molar-refractivity contribution >= 4 is 11.6 Å². The van der Waals surface area contributed by atoms with Crippen LogP contribution >= 0.6 is 11.6 Å². The standard InChI is InChI=1S/C7H5ClF3N/c8-5-1-2-12-6(3-5)4-7(9,10)11/h1-3H,4H2. The summed E-state index contributed by atoms with van der Waals surface area (Å²) in [5.41, 5.74) is -0.0602. The number of nitrogens with zero attached hydrogens (tertiary/aromatic N) is 1. The maximum Gasteiger partial charge on any atom is 0.394 e. The summed E-state index contributed by atoms with van der Waals surface area (Å²) in [6.45, 7) is 0. The summed E-state index contributed by atoms with van der Waals surface area (Å²) < 4.78 is 35.4. The highest BCUT2D eigenvalue weighted by atomic mass is 35.5. The molecule has 1 rings (SSSR count). The van der Waals surface area contributed by atoms with Crippen LogP contribution in [0.25, 0.3) is 0 Å². The van der Waals surface area contributed by atoms with E-state index in [1.54, 1.807) is 0 Å². The molecule has 0 radical (unpaired) electrons. The Morgan fingerprint density at radius 1 is 1.42 bits per heavy atom. The van der Waals surface area contributed by atoms with Crippen LogP contribution in [0.1, 0.15) is 5.69 Å². The van der Waals surface area contributed by atoms with Crippen LogP contribution in [0.4, 0.5) is 13.2 Å². The molecule has 0 saturated heterocycles. The first kappa shape index (κ1) is 9.32. The maximum absolute atomic E-state index is 11.8. The van der Waals surface area contributed by atoms with Crippen molar-refractivity contribution in [1.82, 2.24) is 4.98 Å². The van der Waals surface area contributed by atoms with Crippen LogP contribution in [0.5, 0.6) is 0 Å². The van der Waals surface area contributed by atoms with Crippen LogP contribution in [-0.2, 0) is 6.42 Å². The van der Waals surface area contributed by atoms with E-state index in [0.29, 0.717) is 0 Å². The first-order chi connectivity index (χ1) is 5.47. The molecule has 0 atom stereocenters. The van der Waals surface area contributed by atoms with E-state index in [4.69, 9.17) is 11.6 Å². The second-order valence-electron chi connectivity index (χ2n) is 2.26. The largest absolute Gasteiger partial charge is 0.394 e. The smallest absolute Gasteiger partial charge is 0.261 e. The summed E-state index contributed by atoms with van der Waals surface area (Å²) in [5.74, 6) is 0. The molecule has 0 spiro atoms. The molecule has 0 amide bonds. The number of halogens is 4. The highest BCUT2D eigenvalue weighted by Gasteiger charge is 2.28. The zero-order chi connectivity index (χ0) is 9.19. The predicted molar refractivity (Wildman–Crippen MR) is 39.0 cm³/mol. The van der Waals surface area contributed by atoms with Gasteiger partial charge >= 0.3 is 6.18 Å². The lowest BCUT2D eigenvalue weighted by molar-refractivity contribution is -0.127. The molecule has 12 heavy (non-hydrogen) atoms. The van der Waals surface area contributed by atoms with Crippen molar-refractivity contribution in [2.45, 2.75) is 12.6 Å². The molecule has 0 saturated carbocycles. The summed E-state index contributed by atoms with van der Waals surface area (Å²) >= 11 is 5.47. The molecule has 1 nitrogen and oxygen atoms in total. The Bertz CT molecular complexity index is 272. The van der Waals surface area contributed by atoms with Crippen LogP contribution in [0.3, 0.4) is 0 Å². The van der Waals surface area contributed by atoms with E-state index < -0.39 is 12.6 Å². The third-order valence-corrected chi connectivity index (χ3v) is 1.40. The molecule has 0 aliphatic heterocycles. The zero-order valence-corrected chi connectivity index (χ0v) is 6.65. The molecule has 1 aromatic heterocycles. The van der Waals surface area contributed by atoms with Crippen LogP contribution in [0, 0.1) is 0 Å². The van der Waals surface area contributed by atoms with Crippen molar-refractivity contribution in [2.75, 3.05) is 0 Å². The van der Waals surface area contributed by atoms with E-state index >= 15 is 0 Å². The summed E-state index contributed by atoms with van der Waals surface area (Å²) in [7, 11) is 0. The average Bonchev–Trinajstić information content (AvgIpc) is 1.82. The van der Waals surface area contributed by atoms with Crippen molar-refractivity contribution in [1.29, 1.82) is 0 Å². The van der Waals surface area contributed by atoms with Crippen molar-refractivity contribution in [3.63, 3.8) is 0 Å². The molecule has 0 aliphatic carbocycles. The summed E-state index contributed by atoms with van der Waals surface area (Å²) in [6.07, 6.45) is -4.01. The fraction of sp³-hybridized carbons (Fsp3) is 0.286. The molecule has 0 aliphatic rings. The van der Waals surface area contributed by atoms with Gasteiger partial charge in [-0.15, -0.1) is 0 Å². The van der Waals surface area contributed by atoms with Gasteiger partial charge < -0.3 is 0 Å². The molecule has 0 aromatic carbocycles. The van der Waals surface area contributed by atoms with Crippen LogP contribution in [0.2, 0.25) is 5.02 Å². The Morgan fingerprint density at radius 2 is 2.08 bits per heavy atom. The van der Waals surface area contributed by atoms with Gasteiger partial charge in [-0.05, 0) is 12.1 Å². The van der Waals surface area contributed by atoms with Crippen LogP contribution < -0.4 is 0 Å². The van der Waals surface area contributed by atoms with E-state index in [-0.39, 0.29) is 10.7 Å². The summed E-state index contributed by atoms with van der Waals surface area (Å²) in [6, 6.07) is 2.64. The lowest BCUT2D eigenvalue weighted by Crippen LogP contribution is -2.12. The molecule has 0 fully saturated rings. The van der Waals surface area contributed by atoms with Gasteiger partial charge in [0, 0.05) is 11.2 Å². The topological polar surface area (TPSA) is 12.9 Å². The maximum atomic E-state index is 11.8. The number of alkyl halides is 3. The van der Waals surface area contributed by atoms with Crippen molar-refractivity contribution in [2.24, 2.45) is 0 Å². The highest BCUT2D eigenvalue weighted by molar-refractivity contribution is 6.30. The third kappa shape index (κ3) is 3.09. The number of aromatic nitrogens is 1. The van der Waals surface area contributed by atoms with E-state index in [2.05, 4.69) is 4.98 Å². The van der Waals surface area contributed by atoms with E-state index in [9.17, 15) is 13.2 Å². The number of hydrogen-bond acceptors (Lipinski definition) is 1. The lowest BCUT2D eigenvalue weighted by atomic mass is 10.3. The zero-order valence-electron chi connectivity index (χ0n) is 5.90. The third-order valence-electron chi connectivity index (χ3n) is 1.16. The number of rotatable bonds is 1. The van der Waals surface area contributed by atoms with Crippen LogP contribution in [0.15, 0.2) is 18.3 Å². The Morgan fingerprint density at radius 3 is 2.58 bits per heavy atom. The van der Waals surface area contributed by atoms with Crippen molar-refractivity contribution < 1.29 is 13.2 Å². The van der Waals surface area contributed by atoms with E-state index in [0.717, 1.165) is 0 Å². The van der Waals surface area contributed by atoms with Gasteiger partial charge in [0.1, 0.15) is 0 Å². The van der Waals surface area contributed by atoms with Gasteiger partial charge in [0.05, 0.1) is 12.1 Å². The first-order valence-electron chi connectivity index (χ1n) is 3.14. The molecule has 0 unspecified atom stereocenters. The second-order valence-corrected chi connectivity index (χ2v) is 2.69. The Balaban J connectivity index is 2.77.